The fraction of sp³-hybridized carbons (Fsp3) is 0.933. The van der Waals surface area contributed by atoms with Gasteiger partial charge in [-0.25, -0.2) is 0 Å². The van der Waals surface area contributed by atoms with Crippen molar-refractivity contribution in [2.75, 3.05) is 13.1 Å². The van der Waals surface area contributed by atoms with Crippen LogP contribution in [0.15, 0.2) is 0 Å². The third-order valence-electron chi connectivity index (χ3n) is 5.19. The molecule has 1 heterocycles. The van der Waals surface area contributed by atoms with Gasteiger partial charge in [-0.2, -0.15) is 0 Å². The lowest BCUT2D eigenvalue weighted by Gasteiger charge is -2.41. The number of carbonyl (C=O) groups excluding carboxylic acids is 1. The van der Waals surface area contributed by atoms with Gasteiger partial charge in [0.1, 0.15) is 0 Å². The van der Waals surface area contributed by atoms with Gasteiger partial charge in [0.05, 0.1) is 5.41 Å². The minimum absolute atomic E-state index is 0.232. The zero-order chi connectivity index (χ0) is 13.2. The predicted molar refractivity (Wildman–Crippen MR) is 74.1 cm³/mol. The molecule has 0 aromatic heterocycles. The molecule has 0 aromatic rings. The van der Waals surface area contributed by atoms with E-state index in [1.54, 1.807) is 0 Å². The zero-order valence-corrected chi connectivity index (χ0v) is 12.0. The Morgan fingerprint density at radius 3 is 2.56 bits per heavy atom. The van der Waals surface area contributed by atoms with Crippen LogP contribution in [0.4, 0.5) is 0 Å². The van der Waals surface area contributed by atoms with Crippen molar-refractivity contribution >= 4 is 5.91 Å². The summed E-state index contributed by atoms with van der Waals surface area (Å²) in [6.45, 7) is 5.96. The number of hydrogen-bond donors (Lipinski definition) is 1. The highest BCUT2D eigenvalue weighted by Gasteiger charge is 2.44. The molecule has 1 atom stereocenters. The molecule has 104 valence electrons. The van der Waals surface area contributed by atoms with Gasteiger partial charge in [0, 0.05) is 19.1 Å². The molecule has 18 heavy (non-hydrogen) atoms. The van der Waals surface area contributed by atoms with E-state index >= 15 is 0 Å². The maximum atomic E-state index is 12.9. The topological polar surface area (TPSA) is 46.3 Å². The van der Waals surface area contributed by atoms with Crippen LogP contribution in [0.1, 0.15) is 58.8 Å². The van der Waals surface area contributed by atoms with Gasteiger partial charge in [-0.15, -0.1) is 0 Å². The van der Waals surface area contributed by atoms with Crippen LogP contribution in [0.2, 0.25) is 0 Å². The molecule has 2 fully saturated rings. The molecule has 0 bridgehead atoms. The molecule has 0 spiro atoms. The Labute approximate surface area is 111 Å². The van der Waals surface area contributed by atoms with Gasteiger partial charge in [-0.1, -0.05) is 13.8 Å². The van der Waals surface area contributed by atoms with Crippen molar-refractivity contribution in [1.82, 2.24) is 4.90 Å². The number of carbonyl (C=O) groups is 1. The lowest BCUT2D eigenvalue weighted by Crippen LogP contribution is -2.51. The first kappa shape index (κ1) is 13.9. The molecular weight excluding hydrogens is 224 g/mol. The first-order valence-corrected chi connectivity index (χ1v) is 7.64. The molecule has 1 unspecified atom stereocenters. The lowest BCUT2D eigenvalue weighted by atomic mass is 9.70. The van der Waals surface area contributed by atoms with Crippen molar-refractivity contribution < 1.29 is 4.79 Å². The Morgan fingerprint density at radius 1 is 1.33 bits per heavy atom. The molecule has 1 saturated carbocycles. The van der Waals surface area contributed by atoms with E-state index in [9.17, 15) is 4.79 Å². The van der Waals surface area contributed by atoms with Crippen molar-refractivity contribution in [3.63, 3.8) is 0 Å². The number of amides is 1. The van der Waals surface area contributed by atoms with E-state index in [-0.39, 0.29) is 5.41 Å². The molecule has 2 aliphatic rings. The fourth-order valence-corrected chi connectivity index (χ4v) is 3.65. The molecule has 2 N–H and O–H groups in total. The molecule has 0 radical (unpaired) electrons. The van der Waals surface area contributed by atoms with Crippen LogP contribution < -0.4 is 5.73 Å². The molecule has 0 aromatic carbocycles. The van der Waals surface area contributed by atoms with E-state index in [4.69, 9.17) is 5.73 Å². The Bertz CT molecular complexity index is 295. The van der Waals surface area contributed by atoms with Crippen LogP contribution >= 0.6 is 0 Å². The molecule has 2 rings (SSSR count). The number of hydrogen-bond acceptors (Lipinski definition) is 2. The van der Waals surface area contributed by atoms with Gasteiger partial charge in [-0.05, 0) is 50.9 Å². The lowest BCUT2D eigenvalue weighted by molar-refractivity contribution is -0.145. The minimum Gasteiger partial charge on any atom is -0.339 e. The highest BCUT2D eigenvalue weighted by molar-refractivity contribution is 5.83. The van der Waals surface area contributed by atoms with Gasteiger partial charge < -0.3 is 10.6 Å². The van der Waals surface area contributed by atoms with Gasteiger partial charge >= 0.3 is 0 Å². The Balaban J connectivity index is 2.10. The predicted octanol–water partition coefficient (Wildman–Crippen LogP) is 2.54. The summed E-state index contributed by atoms with van der Waals surface area (Å²) in [5.41, 5.74) is 5.76. The average Bonchev–Trinajstić information content (AvgIpc) is 2.87. The summed E-state index contributed by atoms with van der Waals surface area (Å²) < 4.78 is 0. The molecule has 1 amide bonds. The summed E-state index contributed by atoms with van der Waals surface area (Å²) in [4.78, 5) is 15.0. The van der Waals surface area contributed by atoms with Gasteiger partial charge in [-0.3, -0.25) is 4.79 Å². The summed E-state index contributed by atoms with van der Waals surface area (Å²) in [5, 5.41) is 0. The van der Waals surface area contributed by atoms with Crippen LogP contribution in [-0.4, -0.2) is 29.9 Å². The summed E-state index contributed by atoms with van der Waals surface area (Å²) in [5.74, 6) is 1.12. The zero-order valence-electron chi connectivity index (χ0n) is 12.0. The van der Waals surface area contributed by atoms with Crippen molar-refractivity contribution in [1.29, 1.82) is 0 Å². The summed E-state index contributed by atoms with van der Waals surface area (Å²) in [7, 11) is 0. The number of nitrogens with zero attached hydrogens (tertiary/aromatic N) is 1. The van der Waals surface area contributed by atoms with E-state index in [1.165, 1.54) is 12.8 Å². The number of likely N-dealkylation sites (tertiary alicyclic amines) is 1. The first-order chi connectivity index (χ1) is 8.63. The number of rotatable bonds is 3. The largest absolute Gasteiger partial charge is 0.339 e. The SMILES string of the molecule is CCC1CCCN1C(=O)C1(CN)CCC(C)CC1. The van der Waals surface area contributed by atoms with Crippen molar-refractivity contribution in [2.45, 2.75) is 64.8 Å². The van der Waals surface area contributed by atoms with Crippen LogP contribution in [0, 0.1) is 11.3 Å². The molecule has 1 aliphatic carbocycles. The fourth-order valence-electron chi connectivity index (χ4n) is 3.65. The van der Waals surface area contributed by atoms with Crippen LogP contribution in [0.25, 0.3) is 0 Å². The highest BCUT2D eigenvalue weighted by Crippen LogP contribution is 2.41. The summed E-state index contributed by atoms with van der Waals surface area (Å²) >= 11 is 0. The van der Waals surface area contributed by atoms with E-state index < -0.39 is 0 Å². The van der Waals surface area contributed by atoms with Crippen molar-refractivity contribution in [3.05, 3.63) is 0 Å². The van der Waals surface area contributed by atoms with Gasteiger partial charge in [0.25, 0.3) is 0 Å². The second kappa shape index (κ2) is 5.60. The van der Waals surface area contributed by atoms with Crippen LogP contribution in [0.3, 0.4) is 0 Å². The second-order valence-corrected chi connectivity index (χ2v) is 6.37. The average molecular weight is 252 g/mol. The van der Waals surface area contributed by atoms with Gasteiger partial charge in [0.15, 0.2) is 0 Å². The third-order valence-corrected chi connectivity index (χ3v) is 5.19. The first-order valence-electron chi connectivity index (χ1n) is 7.64. The van der Waals surface area contributed by atoms with Crippen molar-refractivity contribution in [2.24, 2.45) is 17.1 Å². The van der Waals surface area contributed by atoms with Crippen LogP contribution in [0.5, 0.6) is 0 Å². The normalized spacial score (nSPS) is 36.9. The monoisotopic (exact) mass is 252 g/mol. The Morgan fingerprint density at radius 2 is 2.00 bits per heavy atom. The maximum Gasteiger partial charge on any atom is 0.230 e. The smallest absolute Gasteiger partial charge is 0.230 e. The second-order valence-electron chi connectivity index (χ2n) is 6.37. The highest BCUT2D eigenvalue weighted by atomic mass is 16.2. The Hall–Kier alpha value is -0.570. The molecule has 3 heteroatoms. The molecule has 1 aliphatic heterocycles. The standard InChI is InChI=1S/C15H28N2O/c1-3-13-5-4-10-17(13)14(18)15(11-16)8-6-12(2)7-9-15/h12-13H,3-11,16H2,1-2H3. The third kappa shape index (κ3) is 2.42. The molecule has 1 saturated heterocycles. The quantitative estimate of drug-likeness (QED) is 0.839. The van der Waals surface area contributed by atoms with E-state index in [2.05, 4.69) is 18.7 Å². The van der Waals surface area contributed by atoms with E-state index in [0.29, 0.717) is 18.5 Å². The van der Waals surface area contributed by atoms with Crippen LogP contribution in [-0.2, 0) is 4.79 Å². The minimum atomic E-state index is -0.232. The molecule has 3 nitrogen and oxygen atoms in total. The molecular formula is C15H28N2O. The van der Waals surface area contributed by atoms with E-state index in [1.807, 2.05) is 0 Å². The van der Waals surface area contributed by atoms with E-state index in [0.717, 1.165) is 44.6 Å². The van der Waals surface area contributed by atoms with Crippen molar-refractivity contribution in [3.8, 4) is 0 Å². The summed E-state index contributed by atoms with van der Waals surface area (Å²) in [6, 6.07) is 0.472. The Kier molecular flexibility index (Phi) is 4.31. The summed E-state index contributed by atoms with van der Waals surface area (Å²) in [6.07, 6.45) is 7.75. The van der Waals surface area contributed by atoms with Gasteiger partial charge in [0.2, 0.25) is 5.91 Å². The maximum absolute atomic E-state index is 12.9. The number of nitrogens with two attached hydrogens (primary N) is 1.